The van der Waals surface area contributed by atoms with E-state index in [1.807, 2.05) is 0 Å². The molecule has 6 heteroatoms. The number of fused-ring (bicyclic) bond motifs is 1. The molecule has 4 nitrogen and oxygen atoms in total. The molecule has 3 rings (SSSR count). The van der Waals surface area contributed by atoms with Crippen LogP contribution in [0, 0.1) is 5.82 Å². The van der Waals surface area contributed by atoms with Crippen molar-refractivity contribution in [3.63, 3.8) is 0 Å². The van der Waals surface area contributed by atoms with Crippen molar-refractivity contribution < 1.29 is 18.1 Å². The van der Waals surface area contributed by atoms with Crippen molar-refractivity contribution in [2.24, 2.45) is 0 Å². The van der Waals surface area contributed by atoms with Crippen molar-refractivity contribution >= 4 is 27.5 Å². The number of aromatic nitrogens is 1. The van der Waals surface area contributed by atoms with Gasteiger partial charge in [0.05, 0.1) is 29.0 Å². The molecule has 1 unspecified atom stereocenters. The molecule has 1 aromatic heterocycles. The van der Waals surface area contributed by atoms with Gasteiger partial charge in [-0.3, -0.25) is 9.00 Å². The van der Waals surface area contributed by atoms with Crippen LogP contribution in [0.5, 0.6) is 5.75 Å². The fraction of sp³-hybridized carbons (Fsp3) is 0.111. The van der Waals surface area contributed by atoms with E-state index in [0.717, 1.165) is 0 Å². The summed E-state index contributed by atoms with van der Waals surface area (Å²) in [7, 11) is 0.261. The first-order valence-corrected chi connectivity index (χ1v) is 8.68. The maximum Gasteiger partial charge on any atom is 0.197 e. The Morgan fingerprint density at radius 2 is 1.79 bits per heavy atom. The van der Waals surface area contributed by atoms with Crippen molar-refractivity contribution in [1.82, 2.24) is 4.98 Å². The standard InChI is InChI=1S/C18H14FNO3S/c1-23-15-9-8-14-13(7-10-16(20-14)24(2)22)17(15)18(21)11-3-5-12(19)6-4-11/h3-10H,1-2H3. The first-order valence-electron chi connectivity index (χ1n) is 7.12. The van der Waals surface area contributed by atoms with Crippen LogP contribution in [0.2, 0.25) is 0 Å². The summed E-state index contributed by atoms with van der Waals surface area (Å²) in [5, 5.41) is 1.03. The van der Waals surface area contributed by atoms with Crippen LogP contribution in [0.3, 0.4) is 0 Å². The summed E-state index contributed by atoms with van der Waals surface area (Å²) in [5.74, 6) is -0.290. The highest BCUT2D eigenvalue weighted by Crippen LogP contribution is 2.30. The first kappa shape index (κ1) is 16.3. The van der Waals surface area contributed by atoms with E-state index >= 15 is 0 Å². The molecule has 0 N–H and O–H groups in total. The van der Waals surface area contributed by atoms with Crippen LogP contribution in [-0.4, -0.2) is 28.3 Å². The molecule has 2 aromatic carbocycles. The molecule has 0 aliphatic carbocycles. The second-order valence-electron chi connectivity index (χ2n) is 5.15. The number of carbonyl (C=O) groups is 1. The molecule has 0 saturated heterocycles. The van der Waals surface area contributed by atoms with Gasteiger partial charge in [-0.25, -0.2) is 9.37 Å². The fourth-order valence-electron chi connectivity index (χ4n) is 2.48. The van der Waals surface area contributed by atoms with Gasteiger partial charge in [0.2, 0.25) is 0 Å². The van der Waals surface area contributed by atoms with Crippen LogP contribution in [0.4, 0.5) is 4.39 Å². The van der Waals surface area contributed by atoms with E-state index < -0.39 is 16.6 Å². The molecule has 0 aliphatic rings. The number of ketones is 1. The van der Waals surface area contributed by atoms with E-state index in [9.17, 15) is 13.4 Å². The van der Waals surface area contributed by atoms with Crippen molar-refractivity contribution in [1.29, 1.82) is 0 Å². The van der Waals surface area contributed by atoms with Crippen LogP contribution in [0.25, 0.3) is 10.9 Å². The van der Waals surface area contributed by atoms with Crippen LogP contribution >= 0.6 is 0 Å². The van der Waals surface area contributed by atoms with Crippen molar-refractivity contribution in [3.05, 3.63) is 65.5 Å². The molecule has 0 amide bonds. The zero-order valence-corrected chi connectivity index (χ0v) is 13.9. The second-order valence-corrected chi connectivity index (χ2v) is 6.48. The van der Waals surface area contributed by atoms with Gasteiger partial charge >= 0.3 is 0 Å². The number of hydrogen-bond donors (Lipinski definition) is 0. The van der Waals surface area contributed by atoms with E-state index in [2.05, 4.69) is 4.98 Å². The van der Waals surface area contributed by atoms with Crippen LogP contribution in [0.15, 0.2) is 53.6 Å². The molecule has 0 fully saturated rings. The number of halogens is 1. The summed E-state index contributed by atoms with van der Waals surface area (Å²) >= 11 is 0. The first-order chi connectivity index (χ1) is 11.5. The van der Waals surface area contributed by atoms with Gasteiger partial charge < -0.3 is 4.74 Å². The highest BCUT2D eigenvalue weighted by molar-refractivity contribution is 7.84. The minimum absolute atomic E-state index is 0.287. The molecular formula is C18H14FNO3S. The zero-order valence-electron chi connectivity index (χ0n) is 13.1. The summed E-state index contributed by atoms with van der Waals surface area (Å²) in [4.78, 5) is 17.2. The molecule has 24 heavy (non-hydrogen) atoms. The van der Waals surface area contributed by atoms with E-state index in [1.54, 1.807) is 30.5 Å². The van der Waals surface area contributed by atoms with Crippen LogP contribution < -0.4 is 4.74 Å². The smallest absolute Gasteiger partial charge is 0.197 e. The number of pyridine rings is 1. The Labute approximate surface area is 140 Å². The minimum atomic E-state index is -1.22. The average Bonchev–Trinajstić information content (AvgIpc) is 2.60. The molecule has 122 valence electrons. The Morgan fingerprint density at radius 1 is 1.08 bits per heavy atom. The van der Waals surface area contributed by atoms with Gasteiger partial charge in [-0.2, -0.15) is 0 Å². The van der Waals surface area contributed by atoms with E-state index in [-0.39, 0.29) is 5.78 Å². The largest absolute Gasteiger partial charge is 0.496 e. The normalized spacial score (nSPS) is 12.1. The van der Waals surface area contributed by atoms with Crippen LogP contribution in [0.1, 0.15) is 15.9 Å². The lowest BCUT2D eigenvalue weighted by Crippen LogP contribution is -2.06. The number of methoxy groups -OCH3 is 1. The number of ether oxygens (including phenoxy) is 1. The Hall–Kier alpha value is -2.60. The summed E-state index contributed by atoms with van der Waals surface area (Å²) in [6.45, 7) is 0. The Balaban J connectivity index is 2.22. The fourth-order valence-corrected chi connectivity index (χ4v) is 2.96. The van der Waals surface area contributed by atoms with Crippen molar-refractivity contribution in [3.8, 4) is 5.75 Å². The maximum atomic E-state index is 13.1. The van der Waals surface area contributed by atoms with Gasteiger partial charge in [0.15, 0.2) is 5.78 Å². The summed E-state index contributed by atoms with van der Waals surface area (Å²) in [6, 6.07) is 12.0. The van der Waals surface area contributed by atoms with E-state index in [4.69, 9.17) is 4.74 Å². The molecule has 0 aliphatic heterocycles. The van der Waals surface area contributed by atoms with Gasteiger partial charge in [-0.05, 0) is 48.5 Å². The molecule has 0 saturated carbocycles. The highest BCUT2D eigenvalue weighted by atomic mass is 32.2. The number of hydrogen-bond acceptors (Lipinski definition) is 4. The zero-order chi connectivity index (χ0) is 17.3. The number of carbonyl (C=O) groups excluding carboxylic acids is 1. The Kier molecular flexibility index (Phi) is 4.40. The molecule has 0 radical (unpaired) electrons. The average molecular weight is 343 g/mol. The van der Waals surface area contributed by atoms with E-state index in [1.165, 1.54) is 31.4 Å². The lowest BCUT2D eigenvalue weighted by molar-refractivity contribution is 0.103. The Morgan fingerprint density at radius 3 is 2.42 bits per heavy atom. The van der Waals surface area contributed by atoms with Gasteiger partial charge in [-0.1, -0.05) is 0 Å². The SMILES string of the molecule is COc1ccc2nc(S(C)=O)ccc2c1C(=O)c1ccc(F)cc1. The summed E-state index contributed by atoms with van der Waals surface area (Å²) in [5.41, 5.74) is 1.25. The van der Waals surface area contributed by atoms with Crippen molar-refractivity contribution in [2.45, 2.75) is 5.03 Å². The molecule has 3 aromatic rings. The van der Waals surface area contributed by atoms with Crippen LogP contribution in [-0.2, 0) is 10.8 Å². The molecule has 0 bridgehead atoms. The minimum Gasteiger partial charge on any atom is -0.496 e. The predicted octanol–water partition coefficient (Wildman–Crippen LogP) is 3.35. The summed E-state index contributed by atoms with van der Waals surface area (Å²) in [6.07, 6.45) is 1.54. The Bertz CT molecular complexity index is 954. The maximum absolute atomic E-state index is 13.1. The lowest BCUT2D eigenvalue weighted by atomic mass is 9.98. The molecular weight excluding hydrogens is 329 g/mol. The third kappa shape index (κ3) is 2.92. The number of nitrogens with zero attached hydrogens (tertiary/aromatic N) is 1. The quantitative estimate of drug-likeness (QED) is 0.682. The number of rotatable bonds is 4. The predicted molar refractivity (Wildman–Crippen MR) is 90.5 cm³/mol. The topological polar surface area (TPSA) is 56.3 Å². The van der Waals surface area contributed by atoms with Gasteiger partial charge in [-0.15, -0.1) is 0 Å². The van der Waals surface area contributed by atoms with Gasteiger partial charge in [0, 0.05) is 17.2 Å². The van der Waals surface area contributed by atoms with Crippen molar-refractivity contribution in [2.75, 3.05) is 13.4 Å². The van der Waals surface area contributed by atoms with Gasteiger partial charge in [0.25, 0.3) is 0 Å². The molecule has 1 heterocycles. The third-order valence-electron chi connectivity index (χ3n) is 3.66. The lowest BCUT2D eigenvalue weighted by Gasteiger charge is -2.11. The second kappa shape index (κ2) is 6.49. The highest BCUT2D eigenvalue weighted by Gasteiger charge is 2.19. The van der Waals surface area contributed by atoms with E-state index in [0.29, 0.717) is 32.8 Å². The molecule has 1 atom stereocenters. The summed E-state index contributed by atoms with van der Waals surface area (Å²) < 4.78 is 30.0. The number of benzene rings is 2. The molecule has 0 spiro atoms. The third-order valence-corrected chi connectivity index (χ3v) is 4.47. The monoisotopic (exact) mass is 343 g/mol. The van der Waals surface area contributed by atoms with Gasteiger partial charge in [0.1, 0.15) is 16.6 Å².